The molecule has 2 rings (SSSR count). The van der Waals surface area contributed by atoms with Crippen molar-refractivity contribution in [3.63, 3.8) is 0 Å². The van der Waals surface area contributed by atoms with Crippen molar-refractivity contribution in [1.82, 2.24) is 5.32 Å². The Labute approximate surface area is 107 Å². The minimum atomic E-state index is -0.787. The van der Waals surface area contributed by atoms with Crippen LogP contribution in [0.15, 0.2) is 30.3 Å². The molecule has 0 amide bonds. The molecule has 98 valence electrons. The lowest BCUT2D eigenvalue weighted by Crippen LogP contribution is -2.29. The predicted molar refractivity (Wildman–Crippen MR) is 68.5 cm³/mol. The van der Waals surface area contributed by atoms with Crippen molar-refractivity contribution >= 4 is 5.97 Å². The van der Waals surface area contributed by atoms with Gasteiger partial charge in [0.25, 0.3) is 0 Å². The van der Waals surface area contributed by atoms with Gasteiger partial charge in [0.05, 0.1) is 6.10 Å². The van der Waals surface area contributed by atoms with E-state index in [1.807, 2.05) is 18.2 Å². The van der Waals surface area contributed by atoms with Crippen molar-refractivity contribution in [2.45, 2.75) is 31.4 Å². The third-order valence-electron chi connectivity index (χ3n) is 3.19. The van der Waals surface area contributed by atoms with Crippen molar-refractivity contribution in [2.75, 3.05) is 13.2 Å². The van der Waals surface area contributed by atoms with E-state index in [0.29, 0.717) is 19.6 Å². The number of carboxylic acid groups (broad SMARTS) is 1. The highest BCUT2D eigenvalue weighted by Crippen LogP contribution is 2.11. The molecule has 1 fully saturated rings. The smallest absolute Gasteiger partial charge is 0.320 e. The summed E-state index contributed by atoms with van der Waals surface area (Å²) < 4.78 is 5.68. The summed E-state index contributed by atoms with van der Waals surface area (Å²) >= 11 is 0. The average molecular weight is 249 g/mol. The molecule has 1 heterocycles. The Balaban J connectivity index is 1.61. The Morgan fingerprint density at radius 1 is 1.39 bits per heavy atom. The van der Waals surface area contributed by atoms with Crippen LogP contribution < -0.4 is 5.32 Å². The fourth-order valence-corrected chi connectivity index (χ4v) is 2.19. The van der Waals surface area contributed by atoms with Gasteiger partial charge in [-0.3, -0.25) is 4.79 Å². The van der Waals surface area contributed by atoms with Gasteiger partial charge in [0.1, 0.15) is 6.04 Å². The Hall–Kier alpha value is -1.39. The standard InChI is InChI=1S/C14H19NO3/c16-14(17)13-9-12(10-15-13)18-8-4-7-11-5-2-1-3-6-11/h1-3,5-6,12-13,15H,4,7-10H2,(H,16,17)/t12?,13-/m1/s1. The SMILES string of the molecule is O=C(O)[C@H]1CC(OCCCc2ccccc2)CN1. The molecule has 1 unspecified atom stereocenters. The largest absolute Gasteiger partial charge is 0.480 e. The molecule has 2 N–H and O–H groups in total. The fraction of sp³-hybridized carbons (Fsp3) is 0.500. The number of hydrogen-bond acceptors (Lipinski definition) is 3. The molecular formula is C14H19NO3. The van der Waals surface area contributed by atoms with Gasteiger partial charge in [0.2, 0.25) is 0 Å². The summed E-state index contributed by atoms with van der Waals surface area (Å²) in [5.41, 5.74) is 1.31. The number of aliphatic carboxylic acids is 1. The van der Waals surface area contributed by atoms with Crippen molar-refractivity contribution < 1.29 is 14.6 Å². The second kappa shape index (κ2) is 6.52. The molecule has 1 saturated heterocycles. The van der Waals surface area contributed by atoms with Gasteiger partial charge in [-0.05, 0) is 18.4 Å². The predicted octanol–water partition coefficient (Wildman–Crippen LogP) is 1.45. The van der Waals surface area contributed by atoms with Crippen LogP contribution >= 0.6 is 0 Å². The Morgan fingerprint density at radius 2 is 2.17 bits per heavy atom. The molecule has 1 aromatic rings. The first-order chi connectivity index (χ1) is 8.75. The number of rotatable bonds is 6. The van der Waals surface area contributed by atoms with Gasteiger partial charge in [-0.15, -0.1) is 0 Å². The summed E-state index contributed by atoms with van der Waals surface area (Å²) in [5.74, 6) is -0.787. The first kappa shape index (κ1) is 13.1. The molecule has 1 aliphatic heterocycles. The molecule has 4 heteroatoms. The third-order valence-corrected chi connectivity index (χ3v) is 3.19. The number of carbonyl (C=O) groups is 1. The molecule has 1 aliphatic rings. The zero-order valence-electron chi connectivity index (χ0n) is 10.3. The topological polar surface area (TPSA) is 58.6 Å². The minimum absolute atomic E-state index is 0.0434. The normalized spacial score (nSPS) is 23.1. The third kappa shape index (κ3) is 3.82. The van der Waals surface area contributed by atoms with Crippen LogP contribution in [0, 0.1) is 0 Å². The first-order valence-electron chi connectivity index (χ1n) is 6.37. The van der Waals surface area contributed by atoms with Crippen molar-refractivity contribution in [2.24, 2.45) is 0 Å². The molecule has 0 spiro atoms. The van der Waals surface area contributed by atoms with Gasteiger partial charge < -0.3 is 15.2 Å². The molecular weight excluding hydrogens is 230 g/mol. The van der Waals surface area contributed by atoms with Gasteiger partial charge in [-0.2, -0.15) is 0 Å². The fourth-order valence-electron chi connectivity index (χ4n) is 2.19. The molecule has 0 radical (unpaired) electrons. The minimum Gasteiger partial charge on any atom is -0.480 e. The van der Waals surface area contributed by atoms with E-state index < -0.39 is 12.0 Å². The lowest BCUT2D eigenvalue weighted by atomic mass is 10.1. The summed E-state index contributed by atoms with van der Waals surface area (Å²) in [6.45, 7) is 1.33. The van der Waals surface area contributed by atoms with Crippen LogP contribution in [0.25, 0.3) is 0 Å². The Kier molecular flexibility index (Phi) is 4.73. The van der Waals surface area contributed by atoms with E-state index in [9.17, 15) is 4.79 Å². The van der Waals surface area contributed by atoms with Crippen LogP contribution in [0.5, 0.6) is 0 Å². The molecule has 0 aliphatic carbocycles. The molecule has 0 bridgehead atoms. The highest BCUT2D eigenvalue weighted by Gasteiger charge is 2.29. The van der Waals surface area contributed by atoms with Crippen LogP contribution in [-0.2, 0) is 16.0 Å². The summed E-state index contributed by atoms with van der Waals surface area (Å²) in [7, 11) is 0. The van der Waals surface area contributed by atoms with E-state index in [0.717, 1.165) is 12.8 Å². The van der Waals surface area contributed by atoms with Crippen LogP contribution in [0.1, 0.15) is 18.4 Å². The van der Waals surface area contributed by atoms with E-state index in [1.54, 1.807) is 0 Å². The second-order valence-electron chi connectivity index (χ2n) is 4.62. The van der Waals surface area contributed by atoms with Crippen molar-refractivity contribution in [3.8, 4) is 0 Å². The lowest BCUT2D eigenvalue weighted by molar-refractivity contribution is -0.139. The van der Waals surface area contributed by atoms with Crippen LogP contribution in [-0.4, -0.2) is 36.4 Å². The first-order valence-corrected chi connectivity index (χ1v) is 6.37. The van der Waals surface area contributed by atoms with Gasteiger partial charge >= 0.3 is 5.97 Å². The second-order valence-corrected chi connectivity index (χ2v) is 4.62. The van der Waals surface area contributed by atoms with E-state index in [2.05, 4.69) is 17.4 Å². The van der Waals surface area contributed by atoms with Gasteiger partial charge in [-0.1, -0.05) is 30.3 Å². The number of carboxylic acids is 1. The molecule has 4 nitrogen and oxygen atoms in total. The zero-order valence-corrected chi connectivity index (χ0v) is 10.3. The van der Waals surface area contributed by atoms with E-state index in [1.165, 1.54) is 5.56 Å². The summed E-state index contributed by atoms with van der Waals surface area (Å²) in [6.07, 6.45) is 2.59. The molecule has 0 aromatic heterocycles. The zero-order chi connectivity index (χ0) is 12.8. The van der Waals surface area contributed by atoms with Gasteiger partial charge in [0, 0.05) is 19.6 Å². The molecule has 0 saturated carbocycles. The molecule has 2 atom stereocenters. The van der Waals surface area contributed by atoms with Crippen LogP contribution in [0.3, 0.4) is 0 Å². The van der Waals surface area contributed by atoms with Crippen molar-refractivity contribution in [1.29, 1.82) is 0 Å². The Morgan fingerprint density at radius 3 is 2.83 bits per heavy atom. The van der Waals surface area contributed by atoms with Crippen molar-refractivity contribution in [3.05, 3.63) is 35.9 Å². The number of aryl methyl sites for hydroxylation is 1. The Bertz CT molecular complexity index is 380. The maximum Gasteiger partial charge on any atom is 0.320 e. The van der Waals surface area contributed by atoms with Gasteiger partial charge in [0.15, 0.2) is 0 Å². The number of nitrogens with one attached hydrogen (secondary N) is 1. The van der Waals surface area contributed by atoms with Crippen LogP contribution in [0.2, 0.25) is 0 Å². The highest BCUT2D eigenvalue weighted by atomic mass is 16.5. The average Bonchev–Trinajstić information content (AvgIpc) is 2.85. The quantitative estimate of drug-likeness (QED) is 0.749. The molecule has 18 heavy (non-hydrogen) atoms. The summed E-state index contributed by atoms with van der Waals surface area (Å²) in [4.78, 5) is 10.7. The lowest BCUT2D eigenvalue weighted by Gasteiger charge is -2.10. The highest BCUT2D eigenvalue weighted by molar-refractivity contribution is 5.73. The summed E-state index contributed by atoms with van der Waals surface area (Å²) in [6, 6.07) is 9.86. The maximum absolute atomic E-state index is 10.7. The number of ether oxygens (including phenoxy) is 1. The number of hydrogen-bond donors (Lipinski definition) is 2. The molecule has 1 aromatic carbocycles. The van der Waals surface area contributed by atoms with E-state index in [4.69, 9.17) is 9.84 Å². The van der Waals surface area contributed by atoms with Gasteiger partial charge in [-0.25, -0.2) is 0 Å². The number of benzene rings is 1. The maximum atomic E-state index is 10.7. The summed E-state index contributed by atoms with van der Waals surface area (Å²) in [5, 5.41) is 11.8. The van der Waals surface area contributed by atoms with E-state index in [-0.39, 0.29) is 6.10 Å². The van der Waals surface area contributed by atoms with E-state index >= 15 is 0 Å². The van der Waals surface area contributed by atoms with Crippen LogP contribution in [0.4, 0.5) is 0 Å². The monoisotopic (exact) mass is 249 g/mol.